The molecule has 3 N–H and O–H groups in total. The quantitative estimate of drug-likeness (QED) is 0.696. The van der Waals surface area contributed by atoms with Crippen molar-refractivity contribution in [1.29, 1.82) is 5.41 Å². The van der Waals surface area contributed by atoms with Crippen LogP contribution >= 0.6 is 0 Å². The lowest BCUT2D eigenvalue weighted by atomic mass is 10.1. The van der Waals surface area contributed by atoms with Gasteiger partial charge in [-0.15, -0.1) is 0 Å². The van der Waals surface area contributed by atoms with Gasteiger partial charge in [0.1, 0.15) is 0 Å². The highest BCUT2D eigenvalue weighted by molar-refractivity contribution is 6.12. The average Bonchev–Trinajstić information content (AvgIpc) is 2.35. The molecule has 5 heteroatoms. The second kappa shape index (κ2) is 4.61. The van der Waals surface area contributed by atoms with Crippen molar-refractivity contribution in [2.75, 3.05) is 7.05 Å². The normalized spacial score (nSPS) is 11.5. The molecule has 5 nitrogen and oxygen atoms in total. The fourth-order valence-corrected chi connectivity index (χ4v) is 1.62. The van der Waals surface area contributed by atoms with E-state index in [2.05, 4.69) is 15.3 Å². The Morgan fingerprint density at radius 3 is 3.00 bits per heavy atom. The molecule has 2 aromatic heterocycles. The summed E-state index contributed by atoms with van der Waals surface area (Å²) in [5.74, 6) is -0.0551. The van der Waals surface area contributed by atoms with Crippen LogP contribution < -0.4 is 5.32 Å². The minimum atomic E-state index is -0.0551. The molecule has 0 aliphatic rings. The third-order valence-corrected chi connectivity index (χ3v) is 2.36. The lowest BCUT2D eigenvalue weighted by Crippen LogP contribution is -1.99. The van der Waals surface area contributed by atoms with Crippen molar-refractivity contribution in [1.82, 2.24) is 15.3 Å². The highest BCUT2D eigenvalue weighted by Gasteiger charge is 2.07. The number of fused-ring (bicyclic) bond motifs is 1. The van der Waals surface area contributed by atoms with Crippen molar-refractivity contribution >= 4 is 22.6 Å². The number of rotatable bonds is 3. The summed E-state index contributed by atoms with van der Waals surface area (Å²) >= 11 is 0. The van der Waals surface area contributed by atoms with Crippen molar-refractivity contribution in [2.45, 2.75) is 0 Å². The third-order valence-electron chi connectivity index (χ3n) is 2.36. The Balaban J connectivity index is 2.72. The number of aromatic nitrogens is 2. The molecule has 2 aromatic rings. The van der Waals surface area contributed by atoms with Crippen LogP contribution in [0.4, 0.5) is 0 Å². The summed E-state index contributed by atoms with van der Waals surface area (Å²) in [6.45, 7) is 0. The Bertz CT molecular complexity index is 592. The van der Waals surface area contributed by atoms with Crippen LogP contribution in [-0.4, -0.2) is 28.3 Å². The summed E-state index contributed by atoms with van der Waals surface area (Å²) in [7, 11) is 1.76. The molecule has 2 heterocycles. The van der Waals surface area contributed by atoms with Gasteiger partial charge in [-0.1, -0.05) is 0 Å². The van der Waals surface area contributed by atoms with Crippen LogP contribution in [0, 0.1) is 5.41 Å². The van der Waals surface area contributed by atoms with E-state index in [4.69, 9.17) is 5.41 Å². The molecule has 0 unspecified atom stereocenters. The van der Waals surface area contributed by atoms with E-state index in [1.54, 1.807) is 31.7 Å². The molecule has 0 amide bonds. The molecule has 0 spiro atoms. The SMILES string of the molecule is CN/C=C(\C=N)c1nccc2cnc(O)cc12. The van der Waals surface area contributed by atoms with E-state index < -0.39 is 0 Å². The van der Waals surface area contributed by atoms with E-state index in [1.165, 1.54) is 6.21 Å². The molecule has 17 heavy (non-hydrogen) atoms. The first-order chi connectivity index (χ1) is 8.26. The van der Waals surface area contributed by atoms with Crippen LogP contribution in [0.25, 0.3) is 16.3 Å². The fraction of sp³-hybridized carbons (Fsp3) is 0.0833. The summed E-state index contributed by atoms with van der Waals surface area (Å²) in [4.78, 5) is 8.05. The van der Waals surface area contributed by atoms with E-state index in [0.717, 1.165) is 10.8 Å². The molecule has 2 rings (SSSR count). The first-order valence-corrected chi connectivity index (χ1v) is 5.08. The molecule has 0 saturated carbocycles. The van der Waals surface area contributed by atoms with Gasteiger partial charge in [-0.25, -0.2) is 4.98 Å². The average molecular weight is 228 g/mol. The van der Waals surface area contributed by atoms with Crippen molar-refractivity contribution in [3.63, 3.8) is 0 Å². The highest BCUT2D eigenvalue weighted by Crippen LogP contribution is 2.23. The van der Waals surface area contributed by atoms with Gasteiger partial charge in [0, 0.05) is 54.3 Å². The van der Waals surface area contributed by atoms with Crippen molar-refractivity contribution in [3.05, 3.63) is 36.4 Å². The Labute approximate surface area is 98.4 Å². The van der Waals surface area contributed by atoms with Crippen LogP contribution in [-0.2, 0) is 0 Å². The highest BCUT2D eigenvalue weighted by atomic mass is 16.3. The van der Waals surface area contributed by atoms with Gasteiger partial charge in [0.2, 0.25) is 5.88 Å². The topological polar surface area (TPSA) is 81.9 Å². The smallest absolute Gasteiger partial charge is 0.211 e. The first kappa shape index (κ1) is 11.1. The number of hydrogen-bond donors (Lipinski definition) is 3. The minimum absolute atomic E-state index is 0.0551. The Morgan fingerprint density at radius 2 is 2.29 bits per heavy atom. The van der Waals surface area contributed by atoms with E-state index in [9.17, 15) is 5.11 Å². The molecule has 0 aromatic carbocycles. The molecule has 86 valence electrons. The van der Waals surface area contributed by atoms with Crippen molar-refractivity contribution in [3.8, 4) is 5.88 Å². The summed E-state index contributed by atoms with van der Waals surface area (Å²) in [6, 6.07) is 3.36. The number of pyridine rings is 2. The lowest BCUT2D eigenvalue weighted by molar-refractivity contribution is 0.454. The van der Waals surface area contributed by atoms with E-state index in [0.29, 0.717) is 11.3 Å². The van der Waals surface area contributed by atoms with Gasteiger partial charge in [-0.05, 0) is 6.07 Å². The van der Waals surface area contributed by atoms with E-state index >= 15 is 0 Å². The van der Waals surface area contributed by atoms with Gasteiger partial charge in [0.25, 0.3) is 0 Å². The molecule has 0 saturated heterocycles. The van der Waals surface area contributed by atoms with Crippen LogP contribution in [0.2, 0.25) is 0 Å². The zero-order chi connectivity index (χ0) is 12.3. The van der Waals surface area contributed by atoms with Gasteiger partial charge in [-0.3, -0.25) is 4.98 Å². The molecule has 0 bridgehead atoms. The van der Waals surface area contributed by atoms with Crippen LogP contribution in [0.15, 0.2) is 30.7 Å². The van der Waals surface area contributed by atoms with Crippen molar-refractivity contribution < 1.29 is 5.11 Å². The van der Waals surface area contributed by atoms with Crippen LogP contribution in [0.3, 0.4) is 0 Å². The van der Waals surface area contributed by atoms with Crippen LogP contribution in [0.1, 0.15) is 5.69 Å². The predicted octanol–water partition coefficient (Wildman–Crippen LogP) is 1.55. The summed E-state index contributed by atoms with van der Waals surface area (Å²) < 4.78 is 0. The zero-order valence-electron chi connectivity index (χ0n) is 9.31. The second-order valence-electron chi connectivity index (χ2n) is 3.46. The van der Waals surface area contributed by atoms with E-state index in [-0.39, 0.29) is 5.88 Å². The molecule has 0 fully saturated rings. The minimum Gasteiger partial charge on any atom is -0.493 e. The maximum absolute atomic E-state index is 9.41. The van der Waals surface area contributed by atoms with Gasteiger partial charge >= 0.3 is 0 Å². The molecule has 0 atom stereocenters. The summed E-state index contributed by atoms with van der Waals surface area (Å²) in [5.41, 5.74) is 1.29. The predicted molar refractivity (Wildman–Crippen MR) is 67.0 cm³/mol. The van der Waals surface area contributed by atoms with Gasteiger partial charge in [-0.2, -0.15) is 0 Å². The Kier molecular flexibility index (Phi) is 3.00. The molecule has 0 radical (unpaired) electrons. The maximum Gasteiger partial charge on any atom is 0.211 e. The summed E-state index contributed by atoms with van der Waals surface area (Å²) in [6.07, 6.45) is 6.14. The van der Waals surface area contributed by atoms with Gasteiger partial charge in [0.05, 0.1) is 5.69 Å². The van der Waals surface area contributed by atoms with Crippen molar-refractivity contribution in [2.24, 2.45) is 0 Å². The third kappa shape index (κ3) is 2.08. The van der Waals surface area contributed by atoms with Crippen LogP contribution in [0.5, 0.6) is 5.88 Å². The van der Waals surface area contributed by atoms with Gasteiger partial charge in [0.15, 0.2) is 0 Å². The summed E-state index contributed by atoms with van der Waals surface area (Å²) in [5, 5.41) is 21.3. The molecular weight excluding hydrogens is 216 g/mol. The Hall–Kier alpha value is -2.43. The monoisotopic (exact) mass is 228 g/mol. The van der Waals surface area contributed by atoms with E-state index in [1.807, 2.05) is 6.07 Å². The molecular formula is C12H12N4O. The van der Waals surface area contributed by atoms with Gasteiger partial charge < -0.3 is 15.8 Å². The fourth-order valence-electron chi connectivity index (χ4n) is 1.62. The maximum atomic E-state index is 9.41. The number of nitrogens with zero attached hydrogens (tertiary/aromatic N) is 2. The largest absolute Gasteiger partial charge is 0.493 e. The molecule has 0 aliphatic carbocycles. The Morgan fingerprint density at radius 1 is 1.47 bits per heavy atom. The number of aromatic hydroxyl groups is 1. The standard InChI is InChI=1S/C12H12N4O/c1-14-6-9(5-13)12-10-4-11(17)16-7-8(10)2-3-15-12/h2-7,13-14H,1H3,(H,16,17)/b9-6+,13-5?. The first-order valence-electron chi connectivity index (χ1n) is 5.08. The number of hydrogen-bond acceptors (Lipinski definition) is 5. The zero-order valence-corrected chi connectivity index (χ0v) is 9.31. The number of nitrogens with one attached hydrogen (secondary N) is 2. The lowest BCUT2D eigenvalue weighted by Gasteiger charge is -2.06. The second-order valence-corrected chi connectivity index (χ2v) is 3.46. The number of allylic oxidation sites excluding steroid dienone is 1. The molecule has 0 aliphatic heterocycles.